The number of carbonyl (C=O) groups is 2. The van der Waals surface area contributed by atoms with Gasteiger partial charge in [-0.05, 0) is 12.1 Å². The van der Waals surface area contributed by atoms with Crippen LogP contribution in [0.3, 0.4) is 0 Å². The molecule has 3 amide bonds. The van der Waals surface area contributed by atoms with E-state index in [2.05, 4.69) is 25.9 Å². The Hall–Kier alpha value is -3.28. The fourth-order valence-corrected chi connectivity index (χ4v) is 4.20. The molecule has 0 radical (unpaired) electrons. The van der Waals surface area contributed by atoms with E-state index in [-0.39, 0.29) is 34.5 Å². The van der Waals surface area contributed by atoms with E-state index in [0.29, 0.717) is 6.07 Å². The Morgan fingerprint density at radius 3 is 2.58 bits per heavy atom. The Morgan fingerprint density at radius 2 is 1.94 bits per heavy atom. The summed E-state index contributed by atoms with van der Waals surface area (Å²) in [6.45, 7) is -0.228. The van der Waals surface area contributed by atoms with Crippen molar-refractivity contribution in [3.63, 3.8) is 0 Å². The number of aromatic nitrogens is 1. The smallest absolute Gasteiger partial charge is 0.205 e. The second kappa shape index (κ2) is 9.30. The van der Waals surface area contributed by atoms with Gasteiger partial charge in [-0.15, -0.1) is 0 Å². The zero-order valence-electron chi connectivity index (χ0n) is 18.0. The van der Waals surface area contributed by atoms with Crippen LogP contribution in [0.15, 0.2) is 36.4 Å². The maximum atomic E-state index is 14.5. The fourth-order valence-electron chi connectivity index (χ4n) is 3.82. The van der Waals surface area contributed by atoms with Crippen molar-refractivity contribution in [3.8, 4) is 0 Å². The number of urea groups is 1. The summed E-state index contributed by atoms with van der Waals surface area (Å²) in [5.41, 5.74) is -1.97. The fraction of sp³-hybridized carbons (Fsp3) is 0.182. The first-order chi connectivity index (χ1) is 16.8. The number of anilines is 2. The number of alkyl halides is 3. The average molecular weight is 592 g/mol. The van der Waals surface area contributed by atoms with Gasteiger partial charge in [0.25, 0.3) is 0 Å². The van der Waals surface area contributed by atoms with E-state index in [9.17, 15) is 36.6 Å². The molecule has 2 heterocycles. The van der Waals surface area contributed by atoms with Crippen molar-refractivity contribution in [1.82, 2.24) is 10.3 Å². The Labute approximate surface area is 212 Å². The number of halogens is 6. The van der Waals surface area contributed by atoms with Crippen LogP contribution in [0.5, 0.6) is 0 Å². The Kier molecular flexibility index (Phi) is 6.67. The maximum absolute atomic E-state index is 14.5. The van der Waals surface area contributed by atoms with Crippen molar-refractivity contribution in [1.29, 1.82) is 0 Å². The standard InChI is InChI=1S/C22H14ClF5N4O3Se/c1-31(15-5-3-12(24)17(23)18(15)25)19(33)16-8-29-21(35)32(16)9-2-4-13-10(6-9)11(22(26,27)28)7-14(30-13)20(34)36/h2-7,16H,8H2,1H3,(H,29,35)(H,34,36)/t16-/m0/s1. The predicted molar refractivity (Wildman–Crippen MR) is 123 cm³/mol. The number of aliphatic hydroxyl groups excluding tert-OH is 1. The quantitative estimate of drug-likeness (QED) is 0.275. The summed E-state index contributed by atoms with van der Waals surface area (Å²) >= 11 is 7.79. The third-order valence-electron chi connectivity index (χ3n) is 5.56. The van der Waals surface area contributed by atoms with E-state index < -0.39 is 51.0 Å². The van der Waals surface area contributed by atoms with E-state index in [4.69, 9.17) is 11.6 Å². The molecule has 0 saturated carbocycles. The van der Waals surface area contributed by atoms with Gasteiger partial charge in [0.2, 0.25) is 0 Å². The SMILES string of the molecule is CN(C(=O)[C@@H]1CNC(=O)N1c1ccc2nc(C(O)=[Se])cc(C(F)(F)F)c2c1)c1ccc(F)c(Cl)c1F. The van der Waals surface area contributed by atoms with E-state index in [1.54, 1.807) is 0 Å². The molecule has 188 valence electrons. The monoisotopic (exact) mass is 592 g/mol. The van der Waals surface area contributed by atoms with E-state index in [0.717, 1.165) is 28.0 Å². The normalized spacial score (nSPS) is 15.8. The van der Waals surface area contributed by atoms with Gasteiger partial charge in [0.1, 0.15) is 10.8 Å². The van der Waals surface area contributed by atoms with Crippen LogP contribution in [0.2, 0.25) is 5.02 Å². The van der Waals surface area contributed by atoms with Crippen LogP contribution in [0.25, 0.3) is 10.9 Å². The molecule has 2 N–H and O–H groups in total. The minimum atomic E-state index is -4.83. The molecule has 14 heteroatoms. The number of aliphatic hydroxyl groups is 1. The molecule has 1 aliphatic heterocycles. The summed E-state index contributed by atoms with van der Waals surface area (Å²) in [7, 11) is 1.19. The third-order valence-corrected chi connectivity index (χ3v) is 6.35. The first-order valence-corrected chi connectivity index (χ1v) is 11.3. The number of hydrogen-bond donors (Lipinski definition) is 2. The molecule has 2 aromatic carbocycles. The molecule has 1 fully saturated rings. The molecular weight excluding hydrogens is 578 g/mol. The molecule has 1 aliphatic rings. The Morgan fingerprint density at radius 1 is 1.25 bits per heavy atom. The van der Waals surface area contributed by atoms with Gasteiger partial charge >= 0.3 is 164 Å². The minimum Gasteiger partial charge on any atom is -0.205 e. The van der Waals surface area contributed by atoms with Crippen LogP contribution >= 0.6 is 11.6 Å². The van der Waals surface area contributed by atoms with Crippen LogP contribution in [-0.4, -0.2) is 61.8 Å². The Bertz CT molecular complexity index is 1440. The number of hydrogen-bond acceptors (Lipinski definition) is 4. The van der Waals surface area contributed by atoms with Crippen molar-refractivity contribution in [2.45, 2.75) is 12.2 Å². The first kappa shape index (κ1) is 25.8. The van der Waals surface area contributed by atoms with Gasteiger partial charge in [-0.3, -0.25) is 0 Å². The molecule has 36 heavy (non-hydrogen) atoms. The Balaban J connectivity index is 1.77. The molecule has 0 spiro atoms. The number of rotatable bonds is 4. The van der Waals surface area contributed by atoms with Crippen LogP contribution in [0.1, 0.15) is 11.3 Å². The molecule has 0 aliphatic carbocycles. The van der Waals surface area contributed by atoms with Gasteiger partial charge in [-0.25, -0.2) is 8.78 Å². The molecule has 1 saturated heterocycles. The molecule has 3 aromatic rings. The van der Waals surface area contributed by atoms with Gasteiger partial charge in [-0.2, -0.15) is 0 Å². The van der Waals surface area contributed by atoms with Gasteiger partial charge in [0.15, 0.2) is 5.82 Å². The van der Waals surface area contributed by atoms with Crippen molar-refractivity contribution < 1.29 is 36.6 Å². The van der Waals surface area contributed by atoms with Crippen LogP contribution < -0.4 is 15.1 Å². The summed E-state index contributed by atoms with van der Waals surface area (Å²) in [6, 6.07) is 4.02. The second-order valence-electron chi connectivity index (χ2n) is 7.72. The first-order valence-electron chi connectivity index (χ1n) is 10.0. The number of pyridine rings is 1. The molecule has 0 unspecified atom stereocenters. The zero-order valence-corrected chi connectivity index (χ0v) is 20.5. The average Bonchev–Trinajstić information content (AvgIpc) is 3.21. The molecule has 7 nitrogen and oxygen atoms in total. The van der Waals surface area contributed by atoms with Crippen molar-refractivity contribution in [2.24, 2.45) is 0 Å². The van der Waals surface area contributed by atoms with Crippen LogP contribution in [0, 0.1) is 11.6 Å². The number of benzene rings is 2. The van der Waals surface area contributed by atoms with E-state index in [1.165, 1.54) is 19.2 Å². The van der Waals surface area contributed by atoms with Crippen molar-refractivity contribution in [3.05, 3.63) is 64.3 Å². The molecule has 4 rings (SSSR count). The van der Waals surface area contributed by atoms with E-state index in [1.807, 2.05) is 0 Å². The zero-order chi connectivity index (χ0) is 26.5. The third kappa shape index (κ3) is 4.49. The van der Waals surface area contributed by atoms with Crippen LogP contribution in [0.4, 0.5) is 38.1 Å². The number of nitrogens with zero attached hydrogens (tertiary/aromatic N) is 3. The summed E-state index contributed by atoms with van der Waals surface area (Å²) in [4.78, 5) is 31.6. The van der Waals surface area contributed by atoms with Gasteiger partial charge in [0, 0.05) is 0 Å². The minimum absolute atomic E-state index is 0.0572. The second-order valence-corrected chi connectivity index (χ2v) is 8.91. The number of likely N-dealkylation sites (N-methyl/N-ethyl adjacent to an activating group) is 1. The molecule has 0 bridgehead atoms. The van der Waals surface area contributed by atoms with Crippen LogP contribution in [-0.2, 0) is 11.0 Å². The van der Waals surface area contributed by atoms with Crippen molar-refractivity contribution in [2.75, 3.05) is 23.4 Å². The molecular formula is C22H14ClF5N4O3Se. The van der Waals surface area contributed by atoms with Gasteiger partial charge in [0.05, 0.1) is 0 Å². The number of nitrogens with one attached hydrogen (secondary N) is 1. The topological polar surface area (TPSA) is 85.8 Å². The molecule has 1 atom stereocenters. The van der Waals surface area contributed by atoms with Crippen molar-refractivity contribution >= 4 is 66.0 Å². The van der Waals surface area contributed by atoms with E-state index >= 15 is 0 Å². The summed E-state index contributed by atoms with van der Waals surface area (Å²) < 4.78 is 68.8. The predicted octanol–water partition coefficient (Wildman–Crippen LogP) is 3.77. The number of carbonyl (C=O) groups excluding carboxylic acids is 2. The molecule has 1 aromatic heterocycles. The van der Waals surface area contributed by atoms with Gasteiger partial charge < -0.3 is 0 Å². The summed E-state index contributed by atoms with van der Waals surface area (Å²) in [6.07, 6.45) is -4.83. The summed E-state index contributed by atoms with van der Waals surface area (Å²) in [5, 5.41) is 10.8. The van der Waals surface area contributed by atoms with Gasteiger partial charge in [-0.1, -0.05) is 11.6 Å². The summed E-state index contributed by atoms with van der Waals surface area (Å²) in [5.74, 6) is -3.02. The number of fused-ring (bicyclic) bond motifs is 1. The number of amides is 3.